The minimum Gasteiger partial charge on any atom is -0.381 e. The highest BCUT2D eigenvalue weighted by molar-refractivity contribution is 5.81. The van der Waals surface area contributed by atoms with Crippen LogP contribution in [-0.4, -0.2) is 44.9 Å². The number of carbonyl (C=O) groups is 1. The predicted octanol–water partition coefficient (Wildman–Crippen LogP) is 1.06. The zero-order valence-electron chi connectivity index (χ0n) is 12.0. The number of ether oxygens (including phenoxy) is 2. The van der Waals surface area contributed by atoms with E-state index in [0.717, 1.165) is 51.9 Å². The van der Waals surface area contributed by atoms with Gasteiger partial charge in [0.25, 0.3) is 0 Å². The van der Waals surface area contributed by atoms with Crippen molar-refractivity contribution >= 4 is 5.91 Å². The number of nitrogens with two attached hydrogens (primary N) is 1. The van der Waals surface area contributed by atoms with E-state index in [4.69, 9.17) is 15.2 Å². The number of hydrogen-bond acceptors (Lipinski definition) is 4. The van der Waals surface area contributed by atoms with E-state index in [1.54, 1.807) is 0 Å². The Morgan fingerprint density at radius 1 is 1.47 bits per heavy atom. The van der Waals surface area contributed by atoms with Gasteiger partial charge in [-0.05, 0) is 31.6 Å². The van der Waals surface area contributed by atoms with Crippen LogP contribution < -0.4 is 11.1 Å². The van der Waals surface area contributed by atoms with Gasteiger partial charge in [-0.2, -0.15) is 0 Å². The largest absolute Gasteiger partial charge is 0.381 e. The van der Waals surface area contributed by atoms with Gasteiger partial charge in [0.2, 0.25) is 5.91 Å². The van der Waals surface area contributed by atoms with Crippen LogP contribution in [0.3, 0.4) is 0 Å². The van der Waals surface area contributed by atoms with E-state index in [2.05, 4.69) is 5.32 Å². The van der Waals surface area contributed by atoms with Crippen molar-refractivity contribution in [3.8, 4) is 0 Å². The molecule has 0 aromatic rings. The number of hydrogen-bond donors (Lipinski definition) is 2. The van der Waals surface area contributed by atoms with Crippen LogP contribution in [0, 0.1) is 5.92 Å². The van der Waals surface area contributed by atoms with Crippen molar-refractivity contribution in [2.24, 2.45) is 11.7 Å². The normalized spacial score (nSPS) is 18.2. The van der Waals surface area contributed by atoms with E-state index in [-0.39, 0.29) is 11.9 Å². The summed E-state index contributed by atoms with van der Waals surface area (Å²) in [6, 6.07) is -0.367. The van der Waals surface area contributed by atoms with E-state index in [9.17, 15) is 4.79 Å². The molecule has 0 radical (unpaired) electrons. The number of amides is 1. The van der Waals surface area contributed by atoms with Crippen LogP contribution in [-0.2, 0) is 14.3 Å². The highest BCUT2D eigenvalue weighted by atomic mass is 16.5. The minimum atomic E-state index is -0.367. The number of rotatable bonds is 9. The van der Waals surface area contributed by atoms with E-state index in [0.29, 0.717) is 19.1 Å². The lowest BCUT2D eigenvalue weighted by Gasteiger charge is -2.21. The first-order chi connectivity index (χ1) is 9.24. The van der Waals surface area contributed by atoms with Gasteiger partial charge in [0.05, 0.1) is 6.04 Å². The van der Waals surface area contributed by atoms with Gasteiger partial charge in [0.1, 0.15) is 0 Å². The third kappa shape index (κ3) is 7.50. The molecule has 1 unspecified atom stereocenters. The monoisotopic (exact) mass is 272 g/mol. The summed E-state index contributed by atoms with van der Waals surface area (Å²) in [4.78, 5) is 11.5. The lowest BCUT2D eigenvalue weighted by atomic mass is 10.0. The van der Waals surface area contributed by atoms with Crippen molar-refractivity contribution in [3.05, 3.63) is 0 Å². The van der Waals surface area contributed by atoms with Crippen molar-refractivity contribution in [1.29, 1.82) is 0 Å². The summed E-state index contributed by atoms with van der Waals surface area (Å²) in [6.45, 7) is 5.90. The molecule has 1 amide bonds. The Bertz CT molecular complexity index is 243. The molecule has 1 atom stereocenters. The molecule has 0 aromatic carbocycles. The van der Waals surface area contributed by atoms with Gasteiger partial charge in [-0.25, -0.2) is 0 Å². The van der Waals surface area contributed by atoms with Crippen molar-refractivity contribution in [2.75, 3.05) is 33.0 Å². The fourth-order valence-electron chi connectivity index (χ4n) is 2.12. The molecule has 1 rings (SSSR count). The Hall–Kier alpha value is -0.650. The Labute approximate surface area is 116 Å². The van der Waals surface area contributed by atoms with Crippen LogP contribution in [0.15, 0.2) is 0 Å². The molecule has 5 nitrogen and oxygen atoms in total. The first-order valence-electron chi connectivity index (χ1n) is 7.42. The summed E-state index contributed by atoms with van der Waals surface area (Å²) >= 11 is 0. The topological polar surface area (TPSA) is 73.6 Å². The molecule has 1 heterocycles. The minimum absolute atomic E-state index is 0.0497. The van der Waals surface area contributed by atoms with Gasteiger partial charge < -0.3 is 20.5 Å². The van der Waals surface area contributed by atoms with E-state index < -0.39 is 0 Å². The second-order valence-electron chi connectivity index (χ2n) is 5.17. The van der Waals surface area contributed by atoms with Crippen LogP contribution >= 0.6 is 0 Å². The molecule has 1 aliphatic heterocycles. The summed E-state index contributed by atoms with van der Waals surface area (Å²) in [7, 11) is 0. The van der Waals surface area contributed by atoms with Gasteiger partial charge in [-0.1, -0.05) is 13.3 Å². The highest BCUT2D eigenvalue weighted by Gasteiger charge is 2.13. The lowest BCUT2D eigenvalue weighted by molar-refractivity contribution is -0.122. The summed E-state index contributed by atoms with van der Waals surface area (Å²) in [5.74, 6) is 0.590. The molecule has 1 saturated heterocycles. The zero-order chi connectivity index (χ0) is 13.9. The van der Waals surface area contributed by atoms with Gasteiger partial charge in [-0.15, -0.1) is 0 Å². The van der Waals surface area contributed by atoms with Crippen molar-refractivity contribution < 1.29 is 14.3 Å². The van der Waals surface area contributed by atoms with E-state index >= 15 is 0 Å². The molecular formula is C14H28N2O3. The fourth-order valence-corrected chi connectivity index (χ4v) is 2.12. The number of carbonyl (C=O) groups excluding carboxylic acids is 1. The smallest absolute Gasteiger partial charge is 0.236 e. The second kappa shape index (κ2) is 10.2. The van der Waals surface area contributed by atoms with Gasteiger partial charge in [-0.3, -0.25) is 4.79 Å². The van der Waals surface area contributed by atoms with Crippen LogP contribution in [0.5, 0.6) is 0 Å². The molecule has 19 heavy (non-hydrogen) atoms. The summed E-state index contributed by atoms with van der Waals surface area (Å²) < 4.78 is 10.9. The first kappa shape index (κ1) is 16.4. The molecule has 1 aliphatic rings. The molecule has 0 aromatic heterocycles. The van der Waals surface area contributed by atoms with Crippen LogP contribution in [0.25, 0.3) is 0 Å². The highest BCUT2D eigenvalue weighted by Crippen LogP contribution is 2.14. The Balaban J connectivity index is 1.91. The third-order valence-electron chi connectivity index (χ3n) is 3.40. The SMILES string of the molecule is CCCC(N)C(=O)NCCCOCC1CCOCC1. The molecule has 1 fully saturated rings. The van der Waals surface area contributed by atoms with Crippen LogP contribution in [0.2, 0.25) is 0 Å². The van der Waals surface area contributed by atoms with Crippen molar-refractivity contribution in [3.63, 3.8) is 0 Å². The zero-order valence-corrected chi connectivity index (χ0v) is 12.0. The predicted molar refractivity (Wildman–Crippen MR) is 74.9 cm³/mol. The van der Waals surface area contributed by atoms with Crippen molar-refractivity contribution in [2.45, 2.75) is 45.1 Å². The average Bonchev–Trinajstić information content (AvgIpc) is 2.43. The molecule has 0 spiro atoms. The maximum Gasteiger partial charge on any atom is 0.236 e. The maximum absolute atomic E-state index is 11.5. The Morgan fingerprint density at radius 2 is 2.21 bits per heavy atom. The molecule has 112 valence electrons. The van der Waals surface area contributed by atoms with Crippen LogP contribution in [0.4, 0.5) is 0 Å². The molecular weight excluding hydrogens is 244 g/mol. The average molecular weight is 272 g/mol. The molecule has 5 heteroatoms. The fraction of sp³-hybridized carbons (Fsp3) is 0.929. The molecule has 0 bridgehead atoms. The van der Waals surface area contributed by atoms with Crippen LogP contribution in [0.1, 0.15) is 39.0 Å². The maximum atomic E-state index is 11.5. The standard InChI is InChI=1S/C14H28N2O3/c1-2-4-13(15)14(17)16-7-3-8-19-11-12-5-9-18-10-6-12/h12-13H,2-11,15H2,1H3,(H,16,17). The second-order valence-corrected chi connectivity index (χ2v) is 5.17. The summed E-state index contributed by atoms with van der Waals surface area (Å²) in [5, 5.41) is 2.84. The summed E-state index contributed by atoms with van der Waals surface area (Å²) in [6.07, 6.45) is 4.72. The molecule has 0 saturated carbocycles. The molecule has 0 aliphatic carbocycles. The van der Waals surface area contributed by atoms with E-state index in [1.165, 1.54) is 0 Å². The first-order valence-corrected chi connectivity index (χ1v) is 7.42. The third-order valence-corrected chi connectivity index (χ3v) is 3.40. The Morgan fingerprint density at radius 3 is 2.89 bits per heavy atom. The van der Waals surface area contributed by atoms with Gasteiger partial charge >= 0.3 is 0 Å². The van der Waals surface area contributed by atoms with Gasteiger partial charge in [0, 0.05) is 33.0 Å². The molecule has 3 N–H and O–H groups in total. The summed E-state index contributed by atoms with van der Waals surface area (Å²) in [5.41, 5.74) is 5.71. The Kier molecular flexibility index (Phi) is 8.79. The van der Waals surface area contributed by atoms with Crippen molar-refractivity contribution in [1.82, 2.24) is 5.32 Å². The quantitative estimate of drug-likeness (QED) is 0.616. The lowest BCUT2D eigenvalue weighted by Crippen LogP contribution is -2.41. The van der Waals surface area contributed by atoms with Gasteiger partial charge in [0.15, 0.2) is 0 Å². The number of nitrogens with one attached hydrogen (secondary N) is 1. The van der Waals surface area contributed by atoms with E-state index in [1.807, 2.05) is 6.92 Å².